The van der Waals surface area contributed by atoms with E-state index in [2.05, 4.69) is 6.58 Å². The van der Waals surface area contributed by atoms with Gasteiger partial charge in [0.2, 0.25) is 0 Å². The number of ether oxygens (including phenoxy) is 2. The first-order valence-electron chi connectivity index (χ1n) is 11.8. The van der Waals surface area contributed by atoms with Crippen molar-refractivity contribution in [2.45, 2.75) is 32.4 Å². The number of nitrogens with zero attached hydrogens (tertiary/aromatic N) is 2. The standard InChI is InChI=1S/C28H34N2O5/c1-6-18-34-22-12-8-20(9-13-22)25-24(27(32)28(33)30(25)17-7-16-29(4)5)26(31)21-10-14-23(15-11-21)35-19(2)3/h6,8-15,19,25,31H,1,7,16-18H2,2-5H3/b26-24-. The second-order valence-electron chi connectivity index (χ2n) is 9.01. The lowest BCUT2D eigenvalue weighted by atomic mass is 9.95. The Morgan fingerprint density at radius 1 is 1.09 bits per heavy atom. The van der Waals surface area contributed by atoms with Gasteiger partial charge in [-0.15, -0.1) is 0 Å². The van der Waals surface area contributed by atoms with Gasteiger partial charge in [0.25, 0.3) is 11.7 Å². The van der Waals surface area contributed by atoms with E-state index in [0.717, 1.165) is 12.1 Å². The maximum absolute atomic E-state index is 13.2. The predicted octanol–water partition coefficient (Wildman–Crippen LogP) is 4.41. The summed E-state index contributed by atoms with van der Waals surface area (Å²) in [5.74, 6) is -0.188. The van der Waals surface area contributed by atoms with Crippen LogP contribution in [0.5, 0.6) is 11.5 Å². The lowest BCUT2D eigenvalue weighted by Gasteiger charge is -2.26. The van der Waals surface area contributed by atoms with E-state index in [-0.39, 0.29) is 17.4 Å². The molecule has 2 aromatic rings. The minimum atomic E-state index is -0.697. The summed E-state index contributed by atoms with van der Waals surface area (Å²) in [5.41, 5.74) is 1.25. The van der Waals surface area contributed by atoms with Crippen LogP contribution in [0.15, 0.2) is 66.8 Å². The van der Waals surface area contributed by atoms with Gasteiger partial charge in [-0.2, -0.15) is 0 Å². The monoisotopic (exact) mass is 478 g/mol. The average molecular weight is 479 g/mol. The maximum atomic E-state index is 13.2. The van der Waals surface area contributed by atoms with E-state index in [0.29, 0.717) is 36.6 Å². The summed E-state index contributed by atoms with van der Waals surface area (Å²) < 4.78 is 11.2. The number of hydrogen-bond acceptors (Lipinski definition) is 6. The maximum Gasteiger partial charge on any atom is 0.295 e. The fraction of sp³-hybridized carbons (Fsp3) is 0.357. The van der Waals surface area contributed by atoms with Crippen molar-refractivity contribution in [1.82, 2.24) is 9.80 Å². The number of carbonyl (C=O) groups excluding carboxylic acids is 2. The van der Waals surface area contributed by atoms with Crippen LogP contribution in [0.4, 0.5) is 0 Å². The summed E-state index contributed by atoms with van der Waals surface area (Å²) in [4.78, 5) is 29.8. The lowest BCUT2D eigenvalue weighted by Crippen LogP contribution is -2.32. The Kier molecular flexibility index (Phi) is 8.71. The molecule has 35 heavy (non-hydrogen) atoms. The fourth-order valence-corrected chi connectivity index (χ4v) is 4.04. The van der Waals surface area contributed by atoms with Crippen LogP contribution in [0.25, 0.3) is 5.76 Å². The topological polar surface area (TPSA) is 79.3 Å². The molecule has 7 nitrogen and oxygen atoms in total. The zero-order chi connectivity index (χ0) is 25.5. The molecule has 1 aliphatic rings. The first kappa shape index (κ1) is 26.0. The SMILES string of the molecule is C=CCOc1ccc(C2/C(=C(/O)c3ccc(OC(C)C)cc3)C(=O)C(=O)N2CCCN(C)C)cc1. The Labute approximate surface area is 207 Å². The van der Waals surface area contributed by atoms with Gasteiger partial charge in [-0.1, -0.05) is 24.8 Å². The molecule has 1 aliphatic heterocycles. The van der Waals surface area contributed by atoms with Crippen molar-refractivity contribution < 1.29 is 24.2 Å². The molecule has 0 radical (unpaired) electrons. The highest BCUT2D eigenvalue weighted by molar-refractivity contribution is 6.46. The number of amides is 1. The van der Waals surface area contributed by atoms with Gasteiger partial charge in [-0.25, -0.2) is 0 Å². The minimum absolute atomic E-state index is 0.0142. The van der Waals surface area contributed by atoms with Crippen molar-refractivity contribution in [3.05, 3.63) is 77.9 Å². The van der Waals surface area contributed by atoms with E-state index in [1.54, 1.807) is 47.4 Å². The van der Waals surface area contributed by atoms with Gasteiger partial charge in [-0.3, -0.25) is 9.59 Å². The third-order valence-electron chi connectivity index (χ3n) is 5.61. The highest BCUT2D eigenvalue weighted by Crippen LogP contribution is 2.40. The lowest BCUT2D eigenvalue weighted by molar-refractivity contribution is -0.139. The van der Waals surface area contributed by atoms with Crippen LogP contribution < -0.4 is 9.47 Å². The largest absolute Gasteiger partial charge is 0.507 e. The molecular formula is C28H34N2O5. The van der Waals surface area contributed by atoms with E-state index in [4.69, 9.17) is 9.47 Å². The van der Waals surface area contributed by atoms with E-state index in [1.807, 2.05) is 45.0 Å². The molecule has 1 N–H and O–H groups in total. The molecule has 1 saturated heterocycles. The molecule has 0 spiro atoms. The number of ketones is 1. The normalized spacial score (nSPS) is 17.3. The van der Waals surface area contributed by atoms with Crippen LogP contribution in [0, 0.1) is 0 Å². The van der Waals surface area contributed by atoms with Gasteiger partial charge < -0.3 is 24.4 Å². The van der Waals surface area contributed by atoms with Crippen LogP contribution in [0.3, 0.4) is 0 Å². The van der Waals surface area contributed by atoms with Crippen molar-refractivity contribution in [3.8, 4) is 11.5 Å². The Balaban J connectivity index is 2.01. The molecule has 1 fully saturated rings. The Morgan fingerprint density at radius 3 is 2.29 bits per heavy atom. The second-order valence-corrected chi connectivity index (χ2v) is 9.01. The quantitative estimate of drug-likeness (QED) is 0.223. The molecule has 7 heteroatoms. The van der Waals surface area contributed by atoms with Crippen molar-refractivity contribution in [1.29, 1.82) is 0 Å². The predicted molar refractivity (Wildman–Crippen MR) is 137 cm³/mol. The Hall–Kier alpha value is -3.58. The number of aliphatic hydroxyl groups is 1. The first-order valence-corrected chi connectivity index (χ1v) is 11.8. The summed E-state index contributed by atoms with van der Waals surface area (Å²) >= 11 is 0. The highest BCUT2D eigenvalue weighted by atomic mass is 16.5. The van der Waals surface area contributed by atoms with E-state index in [1.165, 1.54) is 0 Å². The molecule has 0 aliphatic carbocycles. The molecule has 0 saturated carbocycles. The smallest absolute Gasteiger partial charge is 0.295 e. The minimum Gasteiger partial charge on any atom is -0.507 e. The molecule has 1 heterocycles. The highest BCUT2D eigenvalue weighted by Gasteiger charge is 2.45. The van der Waals surface area contributed by atoms with Crippen molar-refractivity contribution in [2.24, 2.45) is 0 Å². The molecule has 2 aromatic carbocycles. The molecule has 186 valence electrons. The van der Waals surface area contributed by atoms with E-state index in [9.17, 15) is 14.7 Å². The summed E-state index contributed by atoms with van der Waals surface area (Å²) in [5, 5.41) is 11.2. The first-order chi connectivity index (χ1) is 16.7. The third-order valence-corrected chi connectivity index (χ3v) is 5.61. The summed E-state index contributed by atoms with van der Waals surface area (Å²) in [6.07, 6.45) is 2.36. The van der Waals surface area contributed by atoms with Gasteiger partial charge in [-0.05, 0) is 82.9 Å². The van der Waals surface area contributed by atoms with Crippen LogP contribution in [-0.2, 0) is 9.59 Å². The number of benzene rings is 2. The van der Waals surface area contributed by atoms with Gasteiger partial charge in [0.05, 0.1) is 17.7 Å². The van der Waals surface area contributed by atoms with Gasteiger partial charge in [0.1, 0.15) is 23.9 Å². The van der Waals surface area contributed by atoms with Crippen LogP contribution in [0.2, 0.25) is 0 Å². The number of rotatable bonds is 11. The average Bonchev–Trinajstić information content (AvgIpc) is 3.07. The summed E-state index contributed by atoms with van der Waals surface area (Å²) in [7, 11) is 3.92. The molecule has 1 unspecified atom stereocenters. The number of Topliss-reactive ketones (excluding diaryl/α,β-unsaturated/α-hetero) is 1. The zero-order valence-electron chi connectivity index (χ0n) is 20.9. The molecule has 0 bridgehead atoms. The Bertz CT molecular complexity index is 1070. The number of hydrogen-bond donors (Lipinski definition) is 1. The zero-order valence-corrected chi connectivity index (χ0v) is 20.9. The van der Waals surface area contributed by atoms with Gasteiger partial charge in [0.15, 0.2) is 0 Å². The molecule has 3 rings (SSSR count). The number of likely N-dealkylation sites (tertiary alicyclic amines) is 1. The third kappa shape index (κ3) is 6.31. The van der Waals surface area contributed by atoms with Crippen molar-refractivity contribution >= 4 is 17.4 Å². The fourth-order valence-electron chi connectivity index (χ4n) is 4.04. The van der Waals surface area contributed by atoms with E-state index < -0.39 is 17.7 Å². The molecule has 1 amide bonds. The summed E-state index contributed by atoms with van der Waals surface area (Å²) in [6.45, 7) is 9.04. The number of aliphatic hydroxyl groups excluding tert-OH is 1. The molecular weight excluding hydrogens is 444 g/mol. The summed E-state index contributed by atoms with van der Waals surface area (Å²) in [6, 6.07) is 13.4. The molecule has 0 aromatic heterocycles. The Morgan fingerprint density at radius 2 is 1.71 bits per heavy atom. The van der Waals surface area contributed by atoms with Gasteiger partial charge >= 0.3 is 0 Å². The van der Waals surface area contributed by atoms with Gasteiger partial charge in [0, 0.05) is 12.1 Å². The molecule has 1 atom stereocenters. The van der Waals surface area contributed by atoms with Crippen LogP contribution >= 0.6 is 0 Å². The van der Waals surface area contributed by atoms with Crippen molar-refractivity contribution in [2.75, 3.05) is 33.8 Å². The van der Waals surface area contributed by atoms with E-state index >= 15 is 0 Å². The number of carbonyl (C=O) groups is 2. The van der Waals surface area contributed by atoms with Crippen LogP contribution in [-0.4, -0.2) is 66.5 Å². The second kappa shape index (κ2) is 11.7. The van der Waals surface area contributed by atoms with Crippen molar-refractivity contribution in [3.63, 3.8) is 0 Å². The van der Waals surface area contributed by atoms with Crippen LogP contribution in [0.1, 0.15) is 37.4 Å².